The Morgan fingerprint density at radius 1 is 0.818 bits per heavy atom. The van der Waals surface area contributed by atoms with Gasteiger partial charge in [0.1, 0.15) is 0 Å². The van der Waals surface area contributed by atoms with Gasteiger partial charge >= 0.3 is 0 Å². The fraction of sp³-hybridized carbons (Fsp3) is 0.429. The van der Waals surface area contributed by atoms with Crippen molar-refractivity contribution in [3.63, 3.8) is 0 Å². The van der Waals surface area contributed by atoms with Gasteiger partial charge < -0.3 is 5.32 Å². The lowest BCUT2D eigenvalue weighted by Crippen LogP contribution is -2.19. The lowest BCUT2D eigenvalue weighted by molar-refractivity contribution is 0.334. The van der Waals surface area contributed by atoms with Crippen molar-refractivity contribution in [3.8, 4) is 11.1 Å². The average Bonchev–Trinajstić information content (AvgIpc) is 2.61. The molecule has 2 aromatic carbocycles. The monoisotopic (exact) mass is 293 g/mol. The summed E-state index contributed by atoms with van der Waals surface area (Å²) in [5, 5.41) is 3.66. The van der Waals surface area contributed by atoms with E-state index in [1.807, 2.05) is 0 Å². The van der Waals surface area contributed by atoms with Crippen molar-refractivity contribution < 1.29 is 0 Å². The maximum atomic E-state index is 3.66. The normalized spacial score (nSPS) is 15.8. The van der Waals surface area contributed by atoms with Crippen molar-refractivity contribution in [1.82, 2.24) is 5.32 Å². The molecule has 0 atom stereocenters. The minimum absolute atomic E-state index is 0.964. The van der Waals surface area contributed by atoms with E-state index in [0.717, 1.165) is 19.0 Å². The first-order chi connectivity index (χ1) is 10.9. The molecule has 1 aliphatic rings. The molecule has 0 amide bonds. The van der Waals surface area contributed by atoms with Crippen molar-refractivity contribution >= 4 is 0 Å². The molecule has 3 rings (SSSR count). The van der Waals surface area contributed by atoms with E-state index in [2.05, 4.69) is 59.9 Å². The van der Waals surface area contributed by atoms with Gasteiger partial charge in [-0.2, -0.15) is 0 Å². The minimum atomic E-state index is 0.964. The molecule has 1 fully saturated rings. The molecule has 0 unspecified atom stereocenters. The van der Waals surface area contributed by atoms with E-state index in [0.29, 0.717) is 0 Å². The Bertz CT molecular complexity index is 555. The molecule has 2 aromatic rings. The van der Waals surface area contributed by atoms with E-state index in [1.54, 1.807) is 0 Å². The number of nitrogens with one attached hydrogen (secondary N) is 1. The molecule has 0 aromatic heterocycles. The van der Waals surface area contributed by atoms with E-state index in [-0.39, 0.29) is 0 Å². The summed E-state index contributed by atoms with van der Waals surface area (Å²) in [6.07, 6.45) is 8.58. The zero-order valence-electron chi connectivity index (χ0n) is 13.4. The highest BCUT2D eigenvalue weighted by Crippen LogP contribution is 2.26. The highest BCUT2D eigenvalue weighted by molar-refractivity contribution is 5.67. The van der Waals surface area contributed by atoms with Crippen LogP contribution in [0.3, 0.4) is 0 Å². The molecule has 0 bridgehead atoms. The summed E-state index contributed by atoms with van der Waals surface area (Å²) in [7, 11) is 0. The van der Waals surface area contributed by atoms with Crippen LogP contribution in [-0.4, -0.2) is 6.54 Å². The Morgan fingerprint density at radius 2 is 1.55 bits per heavy atom. The van der Waals surface area contributed by atoms with E-state index in [4.69, 9.17) is 0 Å². The number of hydrogen-bond acceptors (Lipinski definition) is 1. The fourth-order valence-corrected chi connectivity index (χ4v) is 3.58. The zero-order valence-corrected chi connectivity index (χ0v) is 13.4. The minimum Gasteiger partial charge on any atom is -0.313 e. The van der Waals surface area contributed by atoms with Crippen LogP contribution in [0.15, 0.2) is 54.6 Å². The van der Waals surface area contributed by atoms with Gasteiger partial charge in [-0.15, -0.1) is 0 Å². The molecule has 0 aliphatic heterocycles. The maximum Gasteiger partial charge on any atom is 0.0211 e. The third-order valence-electron chi connectivity index (χ3n) is 4.87. The first-order valence-electron chi connectivity index (χ1n) is 8.77. The Hall–Kier alpha value is -1.60. The van der Waals surface area contributed by atoms with Crippen LogP contribution < -0.4 is 5.32 Å². The summed E-state index contributed by atoms with van der Waals surface area (Å²) in [5.41, 5.74) is 4.07. The van der Waals surface area contributed by atoms with Crippen LogP contribution in [0.5, 0.6) is 0 Å². The molecule has 1 saturated carbocycles. The Balaban J connectivity index is 1.54. The predicted octanol–water partition coefficient (Wildman–Crippen LogP) is 5.41. The standard InChI is InChI=1S/C21H27N/c1-3-9-18(10-4-1)15-16-22-17-20-13-7-8-14-21(20)19-11-5-2-6-12-19/h2,5-8,11-14,18,22H,1,3-4,9-10,15-17H2. The summed E-state index contributed by atoms with van der Waals surface area (Å²) in [4.78, 5) is 0. The Kier molecular flexibility index (Phi) is 5.66. The van der Waals surface area contributed by atoms with Gasteiger partial charge in [0.05, 0.1) is 0 Å². The van der Waals surface area contributed by atoms with Gasteiger partial charge in [-0.1, -0.05) is 86.7 Å². The second-order valence-electron chi connectivity index (χ2n) is 6.49. The SMILES string of the molecule is c1ccc(-c2ccccc2CNCCC2CCCCC2)cc1. The van der Waals surface area contributed by atoms with Crippen molar-refractivity contribution in [2.45, 2.75) is 45.1 Å². The second-order valence-corrected chi connectivity index (χ2v) is 6.49. The first kappa shape index (κ1) is 15.3. The van der Waals surface area contributed by atoms with Gasteiger partial charge in [-0.05, 0) is 35.6 Å². The van der Waals surface area contributed by atoms with E-state index >= 15 is 0 Å². The van der Waals surface area contributed by atoms with Crippen molar-refractivity contribution in [2.24, 2.45) is 5.92 Å². The molecule has 1 nitrogen and oxygen atoms in total. The van der Waals surface area contributed by atoms with Crippen LogP contribution in [0.4, 0.5) is 0 Å². The predicted molar refractivity (Wildman–Crippen MR) is 94.8 cm³/mol. The third kappa shape index (κ3) is 4.20. The van der Waals surface area contributed by atoms with Crippen LogP contribution in [0.1, 0.15) is 44.1 Å². The molecule has 0 saturated heterocycles. The summed E-state index contributed by atoms with van der Waals surface area (Å²) in [5.74, 6) is 0.964. The molecule has 0 heterocycles. The molecule has 1 aliphatic carbocycles. The lowest BCUT2D eigenvalue weighted by Gasteiger charge is -2.21. The van der Waals surface area contributed by atoms with Gasteiger partial charge in [-0.3, -0.25) is 0 Å². The average molecular weight is 293 g/mol. The van der Waals surface area contributed by atoms with Crippen LogP contribution in [0.25, 0.3) is 11.1 Å². The van der Waals surface area contributed by atoms with Gasteiger partial charge in [0.2, 0.25) is 0 Å². The molecule has 116 valence electrons. The van der Waals surface area contributed by atoms with Crippen molar-refractivity contribution in [2.75, 3.05) is 6.54 Å². The molecule has 22 heavy (non-hydrogen) atoms. The van der Waals surface area contributed by atoms with Crippen LogP contribution in [0, 0.1) is 5.92 Å². The zero-order chi connectivity index (χ0) is 15.0. The van der Waals surface area contributed by atoms with Crippen LogP contribution >= 0.6 is 0 Å². The molecule has 1 heteroatoms. The summed E-state index contributed by atoms with van der Waals surface area (Å²) in [6.45, 7) is 2.12. The highest BCUT2D eigenvalue weighted by atomic mass is 14.8. The largest absolute Gasteiger partial charge is 0.313 e. The highest BCUT2D eigenvalue weighted by Gasteiger charge is 2.12. The van der Waals surface area contributed by atoms with Crippen molar-refractivity contribution in [3.05, 3.63) is 60.2 Å². The summed E-state index contributed by atoms with van der Waals surface area (Å²) < 4.78 is 0. The number of hydrogen-bond donors (Lipinski definition) is 1. The summed E-state index contributed by atoms with van der Waals surface area (Å²) >= 11 is 0. The first-order valence-corrected chi connectivity index (χ1v) is 8.77. The third-order valence-corrected chi connectivity index (χ3v) is 4.87. The second kappa shape index (κ2) is 8.14. The molecule has 1 N–H and O–H groups in total. The van der Waals surface area contributed by atoms with E-state index in [1.165, 1.54) is 55.2 Å². The molecular formula is C21H27N. The fourth-order valence-electron chi connectivity index (χ4n) is 3.58. The summed E-state index contributed by atoms with van der Waals surface area (Å²) in [6, 6.07) is 19.4. The molecule has 0 radical (unpaired) electrons. The topological polar surface area (TPSA) is 12.0 Å². The van der Waals surface area contributed by atoms with Gasteiger partial charge in [0.25, 0.3) is 0 Å². The smallest absolute Gasteiger partial charge is 0.0211 e. The van der Waals surface area contributed by atoms with Crippen LogP contribution in [-0.2, 0) is 6.54 Å². The molecular weight excluding hydrogens is 266 g/mol. The quantitative estimate of drug-likeness (QED) is 0.702. The van der Waals surface area contributed by atoms with Crippen molar-refractivity contribution in [1.29, 1.82) is 0 Å². The van der Waals surface area contributed by atoms with Crippen LogP contribution in [0.2, 0.25) is 0 Å². The van der Waals surface area contributed by atoms with Gasteiger partial charge in [0, 0.05) is 6.54 Å². The van der Waals surface area contributed by atoms with E-state index < -0.39 is 0 Å². The Morgan fingerprint density at radius 3 is 2.36 bits per heavy atom. The van der Waals surface area contributed by atoms with E-state index in [9.17, 15) is 0 Å². The number of rotatable bonds is 6. The maximum absolute atomic E-state index is 3.66. The molecule has 0 spiro atoms. The Labute approximate surface area is 134 Å². The van der Waals surface area contributed by atoms with Gasteiger partial charge in [0.15, 0.2) is 0 Å². The lowest BCUT2D eigenvalue weighted by atomic mass is 9.87. The van der Waals surface area contributed by atoms with Gasteiger partial charge in [-0.25, -0.2) is 0 Å². The number of benzene rings is 2.